The highest BCUT2D eigenvalue weighted by atomic mass is 16.2. The molecule has 0 aromatic carbocycles. The van der Waals surface area contributed by atoms with Gasteiger partial charge in [-0.3, -0.25) is 9.59 Å². The molecule has 5 nitrogen and oxygen atoms in total. The predicted octanol–water partition coefficient (Wildman–Crippen LogP) is 2.73. The van der Waals surface area contributed by atoms with Crippen molar-refractivity contribution >= 4 is 11.8 Å². The molecule has 5 heteroatoms. The lowest BCUT2D eigenvalue weighted by Crippen LogP contribution is -2.49. The Hall–Kier alpha value is -1.10. The summed E-state index contributed by atoms with van der Waals surface area (Å²) in [5.74, 6) is -0.471. The van der Waals surface area contributed by atoms with Gasteiger partial charge in [0.05, 0.1) is 0 Å². The molecule has 0 aliphatic rings. The van der Waals surface area contributed by atoms with Gasteiger partial charge in [0, 0.05) is 5.41 Å². The van der Waals surface area contributed by atoms with Crippen molar-refractivity contribution in [1.29, 1.82) is 0 Å². The van der Waals surface area contributed by atoms with E-state index in [4.69, 9.17) is 5.73 Å². The lowest BCUT2D eigenvalue weighted by Gasteiger charge is -2.29. The molecule has 0 bridgehead atoms. The van der Waals surface area contributed by atoms with E-state index in [-0.39, 0.29) is 5.91 Å². The van der Waals surface area contributed by atoms with E-state index in [0.29, 0.717) is 6.42 Å². The van der Waals surface area contributed by atoms with E-state index in [1.54, 1.807) is 0 Å². The van der Waals surface area contributed by atoms with Crippen molar-refractivity contribution in [2.45, 2.75) is 84.6 Å². The molecule has 2 amide bonds. The van der Waals surface area contributed by atoms with Gasteiger partial charge in [-0.1, -0.05) is 46.5 Å². The van der Waals surface area contributed by atoms with Crippen LogP contribution in [0.1, 0.15) is 78.6 Å². The topological polar surface area (TPSA) is 84.2 Å². The van der Waals surface area contributed by atoms with Gasteiger partial charge in [0.2, 0.25) is 11.8 Å². The number of amides is 2. The lowest BCUT2D eigenvalue weighted by molar-refractivity contribution is -0.134. The van der Waals surface area contributed by atoms with Gasteiger partial charge in [-0.15, -0.1) is 0 Å². The monoisotopic (exact) mass is 327 g/mol. The van der Waals surface area contributed by atoms with Crippen LogP contribution in [-0.4, -0.2) is 31.4 Å². The number of primary amides is 1. The second-order valence-electron chi connectivity index (χ2n) is 6.75. The Morgan fingerprint density at radius 1 is 1.09 bits per heavy atom. The lowest BCUT2D eigenvalue weighted by atomic mass is 9.80. The molecule has 0 aromatic rings. The molecule has 0 aromatic heterocycles. The zero-order valence-electron chi connectivity index (χ0n) is 15.5. The van der Waals surface area contributed by atoms with Crippen LogP contribution in [0.25, 0.3) is 0 Å². The minimum atomic E-state index is -0.555. The number of hydrogen-bond donors (Lipinski definition) is 3. The van der Waals surface area contributed by atoms with Crippen LogP contribution >= 0.6 is 0 Å². The molecule has 4 N–H and O–H groups in total. The molecule has 0 aliphatic carbocycles. The summed E-state index contributed by atoms with van der Waals surface area (Å²) in [6.07, 6.45) is 8.68. The third-order valence-corrected chi connectivity index (χ3v) is 4.73. The quantitative estimate of drug-likeness (QED) is 0.429. The van der Waals surface area contributed by atoms with Crippen LogP contribution in [0.4, 0.5) is 0 Å². The van der Waals surface area contributed by atoms with Crippen LogP contribution in [-0.2, 0) is 9.59 Å². The summed E-state index contributed by atoms with van der Waals surface area (Å²) in [5.41, 5.74) is 5.04. The second kappa shape index (κ2) is 12.3. The molecule has 0 radical (unpaired) electrons. The Bertz CT molecular complexity index is 347. The first kappa shape index (κ1) is 21.9. The fourth-order valence-electron chi connectivity index (χ4n) is 2.66. The molecule has 0 fully saturated rings. The smallest absolute Gasteiger partial charge is 0.239 e. The SMILES string of the molecule is CCCCCCC(C)(CC)C(=O)NC(CCCCNC)C(N)=O. The van der Waals surface area contributed by atoms with Crippen molar-refractivity contribution in [1.82, 2.24) is 10.6 Å². The first-order valence-corrected chi connectivity index (χ1v) is 9.16. The van der Waals surface area contributed by atoms with E-state index in [2.05, 4.69) is 17.6 Å². The number of unbranched alkanes of at least 4 members (excludes halogenated alkanes) is 4. The van der Waals surface area contributed by atoms with Crippen molar-refractivity contribution in [3.05, 3.63) is 0 Å². The van der Waals surface area contributed by atoms with Gasteiger partial charge in [-0.2, -0.15) is 0 Å². The maximum atomic E-state index is 12.6. The van der Waals surface area contributed by atoms with Gasteiger partial charge < -0.3 is 16.4 Å². The molecule has 0 heterocycles. The van der Waals surface area contributed by atoms with E-state index in [9.17, 15) is 9.59 Å². The van der Waals surface area contributed by atoms with Gasteiger partial charge in [0.25, 0.3) is 0 Å². The van der Waals surface area contributed by atoms with Crippen molar-refractivity contribution in [3.8, 4) is 0 Å². The Balaban J connectivity index is 4.50. The first-order valence-electron chi connectivity index (χ1n) is 9.16. The maximum Gasteiger partial charge on any atom is 0.239 e. The molecule has 0 spiro atoms. The standard InChI is InChI=1S/C18H37N3O2/c1-5-7-8-10-13-18(3,6-2)17(23)21-15(16(19)22)12-9-11-14-20-4/h15,20H,5-14H2,1-4H3,(H2,19,22)(H,21,23). The fraction of sp³-hybridized carbons (Fsp3) is 0.889. The Labute approximate surface area is 142 Å². The summed E-state index contributed by atoms with van der Waals surface area (Å²) >= 11 is 0. The van der Waals surface area contributed by atoms with Gasteiger partial charge >= 0.3 is 0 Å². The van der Waals surface area contributed by atoms with Crippen molar-refractivity contribution in [3.63, 3.8) is 0 Å². The number of nitrogens with two attached hydrogens (primary N) is 1. The van der Waals surface area contributed by atoms with Crippen LogP contribution < -0.4 is 16.4 Å². The molecule has 136 valence electrons. The third-order valence-electron chi connectivity index (χ3n) is 4.73. The molecule has 2 atom stereocenters. The average Bonchev–Trinajstić information content (AvgIpc) is 2.53. The zero-order chi connectivity index (χ0) is 17.7. The van der Waals surface area contributed by atoms with Crippen LogP contribution in [0.15, 0.2) is 0 Å². The summed E-state index contributed by atoms with van der Waals surface area (Å²) in [4.78, 5) is 24.2. The van der Waals surface area contributed by atoms with Gasteiger partial charge in [0.15, 0.2) is 0 Å². The molecule has 2 unspecified atom stereocenters. The summed E-state index contributed by atoms with van der Waals surface area (Å²) in [6.45, 7) is 7.11. The van der Waals surface area contributed by atoms with E-state index in [1.807, 2.05) is 20.9 Å². The Morgan fingerprint density at radius 2 is 1.78 bits per heavy atom. The van der Waals surface area contributed by atoms with Gasteiger partial charge in [-0.25, -0.2) is 0 Å². The normalized spacial score (nSPS) is 15.0. The highest BCUT2D eigenvalue weighted by molar-refractivity contribution is 5.89. The number of nitrogens with one attached hydrogen (secondary N) is 2. The number of rotatable bonds is 14. The summed E-state index contributed by atoms with van der Waals surface area (Å²) in [5, 5.41) is 5.97. The van der Waals surface area contributed by atoms with Crippen molar-refractivity contribution in [2.24, 2.45) is 11.1 Å². The number of carbonyl (C=O) groups excluding carboxylic acids is 2. The minimum Gasteiger partial charge on any atom is -0.368 e. The summed E-state index contributed by atoms with van der Waals surface area (Å²) < 4.78 is 0. The largest absolute Gasteiger partial charge is 0.368 e. The van der Waals surface area contributed by atoms with E-state index in [0.717, 1.165) is 45.1 Å². The zero-order valence-corrected chi connectivity index (χ0v) is 15.5. The highest BCUT2D eigenvalue weighted by Crippen LogP contribution is 2.29. The first-order chi connectivity index (χ1) is 10.9. The molecule has 0 saturated heterocycles. The van der Waals surface area contributed by atoms with Crippen LogP contribution in [0, 0.1) is 5.41 Å². The molecular weight excluding hydrogens is 290 g/mol. The molecule has 0 aliphatic heterocycles. The van der Waals surface area contributed by atoms with E-state index in [1.165, 1.54) is 12.8 Å². The summed E-state index contributed by atoms with van der Waals surface area (Å²) in [6, 6.07) is -0.555. The van der Waals surface area contributed by atoms with Gasteiger partial charge in [0.1, 0.15) is 6.04 Å². The van der Waals surface area contributed by atoms with Crippen LogP contribution in [0.5, 0.6) is 0 Å². The Kier molecular flexibility index (Phi) is 11.7. The number of hydrogen-bond acceptors (Lipinski definition) is 3. The van der Waals surface area contributed by atoms with Crippen molar-refractivity contribution in [2.75, 3.05) is 13.6 Å². The van der Waals surface area contributed by atoms with Crippen molar-refractivity contribution < 1.29 is 9.59 Å². The third kappa shape index (κ3) is 8.94. The Morgan fingerprint density at radius 3 is 2.30 bits per heavy atom. The van der Waals surface area contributed by atoms with Crippen LogP contribution in [0.3, 0.4) is 0 Å². The molecular formula is C18H37N3O2. The highest BCUT2D eigenvalue weighted by Gasteiger charge is 2.32. The molecule has 23 heavy (non-hydrogen) atoms. The summed E-state index contributed by atoms with van der Waals surface area (Å²) in [7, 11) is 1.90. The second-order valence-corrected chi connectivity index (χ2v) is 6.75. The van der Waals surface area contributed by atoms with E-state index >= 15 is 0 Å². The van der Waals surface area contributed by atoms with E-state index < -0.39 is 17.4 Å². The average molecular weight is 328 g/mol. The minimum absolute atomic E-state index is 0.0334. The maximum absolute atomic E-state index is 12.6. The number of carbonyl (C=O) groups is 2. The fourth-order valence-corrected chi connectivity index (χ4v) is 2.66. The predicted molar refractivity (Wildman–Crippen MR) is 96.1 cm³/mol. The molecule has 0 saturated carbocycles. The van der Waals surface area contributed by atoms with Crippen LogP contribution in [0.2, 0.25) is 0 Å². The molecule has 0 rings (SSSR count). The van der Waals surface area contributed by atoms with Gasteiger partial charge in [-0.05, 0) is 45.7 Å².